The highest BCUT2D eigenvalue weighted by molar-refractivity contribution is 5.69. The van der Waals surface area contributed by atoms with Gasteiger partial charge in [-0.3, -0.25) is 10.1 Å². The van der Waals surface area contributed by atoms with Crippen molar-refractivity contribution in [2.24, 2.45) is 17.8 Å². The quantitative estimate of drug-likeness (QED) is 0.665. The van der Waals surface area contributed by atoms with Crippen molar-refractivity contribution >= 4 is 5.97 Å². The molecular weight excluding hydrogens is 246 g/mol. The fourth-order valence-electron chi connectivity index (χ4n) is 3.64. The maximum absolute atomic E-state index is 11.6. The van der Waals surface area contributed by atoms with Crippen molar-refractivity contribution < 1.29 is 19.7 Å². The largest absolute Gasteiger partial charge is 0.466 e. The lowest BCUT2D eigenvalue weighted by atomic mass is 9.73. The molecule has 0 aromatic heterocycles. The van der Waals surface area contributed by atoms with E-state index in [4.69, 9.17) is 4.74 Å². The van der Waals surface area contributed by atoms with Crippen LogP contribution in [0.4, 0.5) is 0 Å². The summed E-state index contributed by atoms with van der Waals surface area (Å²) in [5, 5.41) is 22.9. The number of hydrogen-bond donors (Lipinski definition) is 3. The molecular formula is C14H25NO4. The molecule has 2 fully saturated rings. The van der Waals surface area contributed by atoms with E-state index >= 15 is 0 Å². The number of ether oxygens (including phenoxy) is 1. The first-order valence-electron chi connectivity index (χ1n) is 7.41. The normalized spacial score (nSPS) is 36.4. The molecule has 1 aliphatic heterocycles. The molecule has 2 rings (SSSR count). The second kappa shape index (κ2) is 6.68. The Kier molecular flexibility index (Phi) is 5.19. The molecule has 4 atom stereocenters. The maximum Gasteiger partial charge on any atom is 0.306 e. The van der Waals surface area contributed by atoms with Crippen molar-refractivity contribution in [3.8, 4) is 0 Å². The van der Waals surface area contributed by atoms with E-state index in [0.717, 1.165) is 12.8 Å². The Labute approximate surface area is 114 Å². The first kappa shape index (κ1) is 14.8. The third-order valence-corrected chi connectivity index (χ3v) is 4.51. The molecule has 5 heteroatoms. The number of aliphatic hydroxyl groups is 2. The molecule has 3 N–H and O–H groups in total. The minimum absolute atomic E-state index is 0.0419. The monoisotopic (exact) mass is 271 g/mol. The van der Waals surface area contributed by atoms with Gasteiger partial charge in [-0.05, 0) is 12.8 Å². The molecule has 0 radical (unpaired) electrons. The van der Waals surface area contributed by atoms with Gasteiger partial charge in [-0.1, -0.05) is 32.1 Å². The Bertz CT molecular complexity index is 304. The molecule has 0 aromatic rings. The predicted octanol–water partition coefficient (Wildman–Crippen LogP) is 0.992. The zero-order chi connectivity index (χ0) is 13.8. The first-order chi connectivity index (χ1) is 9.13. The third-order valence-electron chi connectivity index (χ3n) is 4.51. The van der Waals surface area contributed by atoms with E-state index in [-0.39, 0.29) is 24.2 Å². The Morgan fingerprint density at radius 2 is 1.89 bits per heavy atom. The minimum atomic E-state index is -0.814. The summed E-state index contributed by atoms with van der Waals surface area (Å²) >= 11 is 0. The van der Waals surface area contributed by atoms with Gasteiger partial charge >= 0.3 is 5.97 Å². The fourth-order valence-corrected chi connectivity index (χ4v) is 3.64. The second-order valence-corrected chi connectivity index (χ2v) is 5.70. The molecule has 1 aliphatic carbocycles. The van der Waals surface area contributed by atoms with Crippen molar-refractivity contribution in [1.82, 2.24) is 5.32 Å². The van der Waals surface area contributed by atoms with Crippen molar-refractivity contribution in [3.05, 3.63) is 0 Å². The van der Waals surface area contributed by atoms with E-state index in [1.165, 1.54) is 19.3 Å². The smallest absolute Gasteiger partial charge is 0.306 e. The predicted molar refractivity (Wildman–Crippen MR) is 70.0 cm³/mol. The Hall–Kier alpha value is -0.650. The van der Waals surface area contributed by atoms with Gasteiger partial charge in [0.15, 0.2) is 0 Å². The van der Waals surface area contributed by atoms with E-state index in [0.29, 0.717) is 12.5 Å². The Morgan fingerprint density at radius 3 is 2.53 bits per heavy atom. The molecule has 1 saturated heterocycles. The maximum atomic E-state index is 11.6. The lowest BCUT2D eigenvalue weighted by Crippen LogP contribution is -2.34. The van der Waals surface area contributed by atoms with Gasteiger partial charge < -0.3 is 14.9 Å². The van der Waals surface area contributed by atoms with Crippen LogP contribution >= 0.6 is 0 Å². The number of esters is 1. The van der Waals surface area contributed by atoms with Crippen LogP contribution in [0.15, 0.2) is 0 Å². The summed E-state index contributed by atoms with van der Waals surface area (Å²) in [6, 6.07) is 0. The molecule has 0 bridgehead atoms. The summed E-state index contributed by atoms with van der Waals surface area (Å²) in [6.07, 6.45) is 4.42. The molecule has 1 saturated carbocycles. The van der Waals surface area contributed by atoms with Gasteiger partial charge in [0.2, 0.25) is 0 Å². The molecule has 0 spiro atoms. The van der Waals surface area contributed by atoms with Crippen molar-refractivity contribution in [2.75, 3.05) is 6.61 Å². The van der Waals surface area contributed by atoms with E-state index < -0.39 is 12.5 Å². The summed E-state index contributed by atoms with van der Waals surface area (Å²) in [7, 11) is 0. The van der Waals surface area contributed by atoms with Crippen LogP contribution in [0.1, 0.15) is 45.4 Å². The lowest BCUT2D eigenvalue weighted by Gasteiger charge is -2.32. The summed E-state index contributed by atoms with van der Waals surface area (Å²) in [6.45, 7) is 2.13. The van der Waals surface area contributed by atoms with Gasteiger partial charge in [-0.2, -0.15) is 0 Å². The molecule has 2 aliphatic rings. The van der Waals surface area contributed by atoms with Crippen LogP contribution in [0.5, 0.6) is 0 Å². The summed E-state index contributed by atoms with van der Waals surface area (Å²) < 4.78 is 4.96. The average molecular weight is 271 g/mol. The number of hydrogen-bond acceptors (Lipinski definition) is 5. The molecule has 19 heavy (non-hydrogen) atoms. The van der Waals surface area contributed by atoms with E-state index in [1.54, 1.807) is 6.92 Å². The van der Waals surface area contributed by atoms with Gasteiger partial charge in [0, 0.05) is 11.8 Å². The molecule has 110 valence electrons. The van der Waals surface area contributed by atoms with Gasteiger partial charge in [-0.25, -0.2) is 0 Å². The first-order valence-corrected chi connectivity index (χ1v) is 7.41. The van der Waals surface area contributed by atoms with Crippen molar-refractivity contribution in [1.29, 1.82) is 0 Å². The topological polar surface area (TPSA) is 78.8 Å². The van der Waals surface area contributed by atoms with Gasteiger partial charge in [0.1, 0.15) is 12.5 Å². The van der Waals surface area contributed by atoms with Crippen LogP contribution in [0.25, 0.3) is 0 Å². The Morgan fingerprint density at radius 1 is 1.21 bits per heavy atom. The minimum Gasteiger partial charge on any atom is -0.466 e. The summed E-state index contributed by atoms with van der Waals surface area (Å²) in [5.41, 5.74) is 0. The zero-order valence-electron chi connectivity index (χ0n) is 11.5. The average Bonchev–Trinajstić information content (AvgIpc) is 2.65. The molecule has 0 amide bonds. The summed E-state index contributed by atoms with van der Waals surface area (Å²) in [4.78, 5) is 11.6. The highest BCUT2D eigenvalue weighted by atomic mass is 16.5. The number of carbonyl (C=O) groups excluding carboxylic acids is 1. The highest BCUT2D eigenvalue weighted by Gasteiger charge is 2.46. The highest BCUT2D eigenvalue weighted by Crippen LogP contribution is 2.41. The second-order valence-electron chi connectivity index (χ2n) is 5.70. The van der Waals surface area contributed by atoms with Gasteiger partial charge in [0.05, 0.1) is 13.0 Å². The number of aliphatic hydroxyl groups excluding tert-OH is 2. The third kappa shape index (κ3) is 3.46. The van der Waals surface area contributed by atoms with Crippen LogP contribution in [-0.2, 0) is 9.53 Å². The molecule has 0 aromatic carbocycles. The van der Waals surface area contributed by atoms with Crippen LogP contribution in [0, 0.1) is 17.8 Å². The van der Waals surface area contributed by atoms with Crippen molar-refractivity contribution in [3.63, 3.8) is 0 Å². The van der Waals surface area contributed by atoms with Crippen LogP contribution < -0.4 is 5.32 Å². The number of nitrogens with one attached hydrogen (secondary N) is 1. The number of rotatable bonds is 4. The van der Waals surface area contributed by atoms with E-state index in [1.807, 2.05) is 0 Å². The SMILES string of the molecule is CCOC(=O)C[C@@H]1[C@@H](C2CCCCC2)[C@@H](O)N[C@@H]1O. The summed E-state index contributed by atoms with van der Waals surface area (Å²) in [5.74, 6) is -0.173. The standard InChI is InChI=1S/C14H25NO4/c1-2-19-11(16)8-10-12(14(18)15-13(10)17)9-6-4-3-5-7-9/h9-10,12-15,17-18H,2-8H2,1H3/t10-,12-,13-,14-/m1/s1. The van der Waals surface area contributed by atoms with Gasteiger partial charge in [-0.15, -0.1) is 0 Å². The van der Waals surface area contributed by atoms with Crippen LogP contribution in [0.2, 0.25) is 0 Å². The van der Waals surface area contributed by atoms with Crippen molar-refractivity contribution in [2.45, 2.75) is 57.9 Å². The zero-order valence-corrected chi connectivity index (χ0v) is 11.5. The van der Waals surface area contributed by atoms with E-state index in [9.17, 15) is 15.0 Å². The molecule has 1 heterocycles. The Balaban J connectivity index is 2.02. The molecule has 5 nitrogen and oxygen atoms in total. The number of carbonyl (C=O) groups is 1. The lowest BCUT2D eigenvalue weighted by molar-refractivity contribution is -0.146. The molecule has 0 unspecified atom stereocenters. The van der Waals surface area contributed by atoms with Gasteiger partial charge in [0.25, 0.3) is 0 Å². The van der Waals surface area contributed by atoms with Crippen LogP contribution in [0.3, 0.4) is 0 Å². The van der Waals surface area contributed by atoms with Crippen LogP contribution in [-0.4, -0.2) is 35.2 Å². The van der Waals surface area contributed by atoms with E-state index in [2.05, 4.69) is 5.32 Å². The fraction of sp³-hybridized carbons (Fsp3) is 0.929.